The van der Waals surface area contributed by atoms with Gasteiger partial charge in [0.15, 0.2) is 18.1 Å². The van der Waals surface area contributed by atoms with Gasteiger partial charge in [0.1, 0.15) is 0 Å². The van der Waals surface area contributed by atoms with Crippen LogP contribution in [0.3, 0.4) is 0 Å². The Labute approximate surface area is 183 Å². The van der Waals surface area contributed by atoms with Gasteiger partial charge >= 0.3 is 0 Å². The topological polar surface area (TPSA) is 72.9 Å². The minimum absolute atomic E-state index is 0.0321. The SMILES string of the molecule is COc1ccccc1OCC(=O)N(c1cccc(C)c1C)S(=O)(=O)c1ccc(C)cc1. The van der Waals surface area contributed by atoms with Crippen LogP contribution in [0.15, 0.2) is 71.6 Å². The summed E-state index contributed by atoms with van der Waals surface area (Å²) in [6.45, 7) is 5.05. The Hall–Kier alpha value is -3.32. The van der Waals surface area contributed by atoms with Gasteiger partial charge in [-0.15, -0.1) is 0 Å². The number of carbonyl (C=O) groups excluding carboxylic acids is 1. The smallest absolute Gasteiger partial charge is 0.278 e. The lowest BCUT2D eigenvalue weighted by atomic mass is 10.1. The van der Waals surface area contributed by atoms with Gasteiger partial charge in [0.2, 0.25) is 0 Å². The second kappa shape index (κ2) is 9.22. The quantitative estimate of drug-likeness (QED) is 0.545. The zero-order valence-electron chi connectivity index (χ0n) is 18.0. The maximum Gasteiger partial charge on any atom is 0.278 e. The van der Waals surface area contributed by atoms with Crippen LogP contribution in [0.5, 0.6) is 11.5 Å². The molecule has 6 nitrogen and oxygen atoms in total. The van der Waals surface area contributed by atoms with Crippen molar-refractivity contribution in [3.05, 3.63) is 83.4 Å². The van der Waals surface area contributed by atoms with Gasteiger partial charge in [-0.1, -0.05) is 42.0 Å². The van der Waals surface area contributed by atoms with E-state index in [0.717, 1.165) is 15.4 Å². The third-order valence-electron chi connectivity index (χ3n) is 5.00. The van der Waals surface area contributed by atoms with Gasteiger partial charge in [-0.3, -0.25) is 4.79 Å². The zero-order valence-corrected chi connectivity index (χ0v) is 18.8. The third kappa shape index (κ3) is 4.72. The largest absolute Gasteiger partial charge is 0.493 e. The number of aryl methyl sites for hydroxylation is 2. The van der Waals surface area contributed by atoms with Gasteiger partial charge < -0.3 is 9.47 Å². The molecular weight excluding hydrogens is 414 g/mol. The molecule has 0 atom stereocenters. The molecule has 31 heavy (non-hydrogen) atoms. The highest BCUT2D eigenvalue weighted by molar-refractivity contribution is 7.93. The van der Waals surface area contributed by atoms with Crippen LogP contribution < -0.4 is 13.8 Å². The number of ether oxygens (including phenoxy) is 2. The number of para-hydroxylation sites is 2. The Kier molecular flexibility index (Phi) is 6.65. The summed E-state index contributed by atoms with van der Waals surface area (Å²) in [5, 5.41) is 0. The summed E-state index contributed by atoms with van der Waals surface area (Å²) in [6.07, 6.45) is 0. The molecule has 0 saturated carbocycles. The summed E-state index contributed by atoms with van der Waals surface area (Å²) in [5.74, 6) is 0.0992. The number of hydrogen-bond donors (Lipinski definition) is 0. The van der Waals surface area contributed by atoms with E-state index in [9.17, 15) is 13.2 Å². The van der Waals surface area contributed by atoms with Crippen molar-refractivity contribution in [3.8, 4) is 11.5 Å². The second-order valence-corrected chi connectivity index (χ2v) is 8.92. The van der Waals surface area contributed by atoms with Gasteiger partial charge in [-0.2, -0.15) is 4.31 Å². The fourth-order valence-corrected chi connectivity index (χ4v) is 4.57. The van der Waals surface area contributed by atoms with Crippen molar-refractivity contribution in [2.45, 2.75) is 25.7 Å². The predicted octanol–water partition coefficient (Wildman–Crippen LogP) is 4.42. The Morgan fingerprint density at radius 3 is 2.16 bits per heavy atom. The first-order valence-electron chi connectivity index (χ1n) is 9.72. The molecule has 0 unspecified atom stereocenters. The van der Waals surface area contributed by atoms with Gasteiger partial charge in [-0.05, 0) is 62.2 Å². The summed E-state index contributed by atoms with van der Waals surface area (Å²) in [5.41, 5.74) is 2.79. The summed E-state index contributed by atoms with van der Waals surface area (Å²) in [7, 11) is -2.66. The fraction of sp³-hybridized carbons (Fsp3) is 0.208. The molecule has 0 fully saturated rings. The molecule has 162 valence electrons. The summed E-state index contributed by atoms with van der Waals surface area (Å²) < 4.78 is 38.7. The first-order valence-corrected chi connectivity index (χ1v) is 11.2. The molecule has 0 spiro atoms. The fourth-order valence-electron chi connectivity index (χ4n) is 3.11. The Morgan fingerprint density at radius 2 is 1.52 bits per heavy atom. The van der Waals surface area contributed by atoms with Crippen LogP contribution in [-0.2, 0) is 14.8 Å². The molecule has 0 heterocycles. The molecule has 1 amide bonds. The highest BCUT2D eigenvalue weighted by atomic mass is 32.2. The summed E-state index contributed by atoms with van der Waals surface area (Å²) >= 11 is 0. The number of benzene rings is 3. The van der Waals surface area contributed by atoms with Crippen molar-refractivity contribution >= 4 is 21.6 Å². The molecule has 7 heteroatoms. The van der Waals surface area contributed by atoms with Crippen molar-refractivity contribution in [3.63, 3.8) is 0 Å². The second-order valence-electron chi connectivity index (χ2n) is 7.13. The van der Waals surface area contributed by atoms with Crippen LogP contribution in [-0.4, -0.2) is 28.0 Å². The Balaban J connectivity index is 2.02. The van der Waals surface area contributed by atoms with E-state index < -0.39 is 22.5 Å². The van der Waals surface area contributed by atoms with Gasteiger partial charge in [-0.25, -0.2) is 8.42 Å². The van der Waals surface area contributed by atoms with Crippen LogP contribution in [0, 0.1) is 20.8 Å². The van der Waals surface area contributed by atoms with Crippen LogP contribution in [0.2, 0.25) is 0 Å². The van der Waals surface area contributed by atoms with Crippen molar-refractivity contribution < 1.29 is 22.7 Å². The first-order chi connectivity index (χ1) is 14.8. The molecule has 3 rings (SSSR count). The number of sulfonamides is 1. The van der Waals surface area contributed by atoms with E-state index in [1.807, 2.05) is 19.9 Å². The van der Waals surface area contributed by atoms with Crippen LogP contribution in [0.25, 0.3) is 0 Å². The number of methoxy groups -OCH3 is 1. The molecular formula is C24H25NO5S. The molecule has 0 aliphatic rings. The number of hydrogen-bond acceptors (Lipinski definition) is 5. The Morgan fingerprint density at radius 1 is 0.871 bits per heavy atom. The van der Waals surface area contributed by atoms with Gasteiger partial charge in [0, 0.05) is 0 Å². The van der Waals surface area contributed by atoms with Gasteiger partial charge in [0.25, 0.3) is 15.9 Å². The molecule has 0 aromatic heterocycles. The lowest BCUT2D eigenvalue weighted by molar-refractivity contribution is -0.119. The molecule has 0 aliphatic carbocycles. The predicted molar refractivity (Wildman–Crippen MR) is 120 cm³/mol. The average molecular weight is 440 g/mol. The lowest BCUT2D eigenvalue weighted by Crippen LogP contribution is -2.40. The van der Waals surface area contributed by atoms with Crippen LogP contribution >= 0.6 is 0 Å². The van der Waals surface area contributed by atoms with Crippen molar-refractivity contribution in [2.24, 2.45) is 0 Å². The van der Waals surface area contributed by atoms with E-state index in [2.05, 4.69) is 0 Å². The van der Waals surface area contributed by atoms with E-state index in [-0.39, 0.29) is 4.90 Å². The van der Waals surface area contributed by atoms with E-state index in [1.165, 1.54) is 19.2 Å². The third-order valence-corrected chi connectivity index (χ3v) is 6.75. The lowest BCUT2D eigenvalue weighted by Gasteiger charge is -2.25. The summed E-state index contributed by atoms with van der Waals surface area (Å²) in [6, 6.07) is 18.5. The van der Waals surface area contributed by atoms with Crippen LogP contribution in [0.1, 0.15) is 16.7 Å². The minimum Gasteiger partial charge on any atom is -0.493 e. The molecule has 3 aromatic rings. The number of amides is 1. The van der Waals surface area contributed by atoms with E-state index in [1.54, 1.807) is 55.5 Å². The summed E-state index contributed by atoms with van der Waals surface area (Å²) in [4.78, 5) is 13.3. The maximum absolute atomic E-state index is 13.5. The minimum atomic E-state index is -4.16. The highest BCUT2D eigenvalue weighted by Crippen LogP contribution is 2.30. The molecule has 0 saturated heterocycles. The first kappa shape index (κ1) is 22.4. The number of carbonyl (C=O) groups is 1. The standard InChI is InChI=1S/C24H25NO5S/c1-17-12-14-20(15-13-17)31(27,28)25(21-9-7-8-18(2)19(21)3)24(26)16-30-23-11-6-5-10-22(23)29-4/h5-15H,16H2,1-4H3. The molecule has 0 aliphatic heterocycles. The molecule has 3 aromatic carbocycles. The molecule has 0 radical (unpaired) electrons. The number of anilines is 1. The van der Waals surface area contributed by atoms with Crippen LogP contribution in [0.4, 0.5) is 5.69 Å². The molecule has 0 bridgehead atoms. The highest BCUT2D eigenvalue weighted by Gasteiger charge is 2.32. The van der Waals surface area contributed by atoms with Crippen molar-refractivity contribution in [2.75, 3.05) is 18.0 Å². The van der Waals surface area contributed by atoms with Crippen molar-refractivity contribution in [1.29, 1.82) is 0 Å². The Bertz CT molecular complexity index is 1190. The van der Waals surface area contributed by atoms with E-state index >= 15 is 0 Å². The zero-order chi connectivity index (χ0) is 22.6. The van der Waals surface area contributed by atoms with E-state index in [4.69, 9.17) is 9.47 Å². The average Bonchev–Trinajstić information content (AvgIpc) is 2.75. The number of nitrogens with zero attached hydrogens (tertiary/aromatic N) is 1. The van der Waals surface area contributed by atoms with E-state index in [0.29, 0.717) is 22.7 Å². The number of rotatable bonds is 7. The molecule has 0 N–H and O–H groups in total. The normalized spacial score (nSPS) is 11.1. The van der Waals surface area contributed by atoms with Gasteiger partial charge in [0.05, 0.1) is 17.7 Å². The van der Waals surface area contributed by atoms with Crippen molar-refractivity contribution in [1.82, 2.24) is 0 Å². The monoisotopic (exact) mass is 439 g/mol. The maximum atomic E-state index is 13.5.